The maximum atomic E-state index is 13.6. The molecule has 0 unspecified atom stereocenters. The zero-order valence-corrected chi connectivity index (χ0v) is 10.6. The lowest BCUT2D eigenvalue weighted by atomic mass is 10.1. The number of aryl methyl sites for hydroxylation is 1. The topological polar surface area (TPSA) is 29.1 Å². The van der Waals surface area contributed by atoms with Crippen molar-refractivity contribution in [3.63, 3.8) is 0 Å². The molecule has 0 bridgehead atoms. The lowest BCUT2D eigenvalue weighted by Gasteiger charge is -2.07. The van der Waals surface area contributed by atoms with E-state index in [2.05, 4.69) is 12.2 Å². The first-order valence-corrected chi connectivity index (χ1v) is 6.20. The van der Waals surface area contributed by atoms with Crippen LogP contribution in [-0.2, 0) is 0 Å². The average Bonchev–Trinajstić information content (AvgIpc) is 2.32. The average molecular weight is 237 g/mol. The molecule has 0 saturated carbocycles. The van der Waals surface area contributed by atoms with Crippen molar-refractivity contribution in [1.82, 2.24) is 5.32 Å². The van der Waals surface area contributed by atoms with Crippen molar-refractivity contribution in [1.29, 1.82) is 0 Å². The van der Waals surface area contributed by atoms with E-state index in [0.29, 0.717) is 12.1 Å². The van der Waals surface area contributed by atoms with E-state index in [1.54, 1.807) is 19.1 Å². The van der Waals surface area contributed by atoms with Crippen molar-refractivity contribution >= 4 is 5.91 Å². The van der Waals surface area contributed by atoms with Crippen LogP contribution in [0, 0.1) is 12.7 Å². The Labute approximate surface area is 102 Å². The normalized spacial score (nSPS) is 10.3. The Bertz CT molecular complexity index is 376. The summed E-state index contributed by atoms with van der Waals surface area (Å²) >= 11 is 0. The Morgan fingerprint density at radius 1 is 1.29 bits per heavy atom. The summed E-state index contributed by atoms with van der Waals surface area (Å²) in [6.45, 7) is 4.42. The number of benzene rings is 1. The molecule has 0 heterocycles. The molecule has 1 amide bonds. The van der Waals surface area contributed by atoms with Gasteiger partial charge in [0.25, 0.3) is 5.91 Å². The summed E-state index contributed by atoms with van der Waals surface area (Å²) in [5, 5.41) is 2.75. The van der Waals surface area contributed by atoms with Crippen LogP contribution in [0.15, 0.2) is 18.2 Å². The molecule has 0 radical (unpaired) electrons. The van der Waals surface area contributed by atoms with Gasteiger partial charge in [-0.2, -0.15) is 0 Å². The largest absolute Gasteiger partial charge is 0.352 e. The third-order valence-electron chi connectivity index (χ3n) is 2.75. The van der Waals surface area contributed by atoms with Gasteiger partial charge >= 0.3 is 0 Å². The molecule has 0 aliphatic heterocycles. The van der Waals surface area contributed by atoms with E-state index in [-0.39, 0.29) is 11.5 Å². The molecular formula is C14H20FNO. The van der Waals surface area contributed by atoms with E-state index in [9.17, 15) is 9.18 Å². The first kappa shape index (κ1) is 13.7. The minimum atomic E-state index is -0.418. The summed E-state index contributed by atoms with van der Waals surface area (Å²) < 4.78 is 13.6. The van der Waals surface area contributed by atoms with Crippen LogP contribution in [0.2, 0.25) is 0 Å². The molecule has 0 spiro atoms. The molecule has 0 saturated heterocycles. The molecule has 2 nitrogen and oxygen atoms in total. The minimum Gasteiger partial charge on any atom is -0.352 e. The van der Waals surface area contributed by atoms with E-state index in [4.69, 9.17) is 0 Å². The van der Waals surface area contributed by atoms with Crippen LogP contribution in [0.4, 0.5) is 4.39 Å². The first-order valence-electron chi connectivity index (χ1n) is 6.20. The van der Waals surface area contributed by atoms with Crippen molar-refractivity contribution in [2.75, 3.05) is 6.54 Å². The number of hydrogen-bond donors (Lipinski definition) is 1. The van der Waals surface area contributed by atoms with Crippen molar-refractivity contribution in [2.24, 2.45) is 0 Å². The van der Waals surface area contributed by atoms with Gasteiger partial charge in [0.05, 0.1) is 5.56 Å². The lowest BCUT2D eigenvalue weighted by molar-refractivity contribution is 0.0948. The molecule has 0 aliphatic carbocycles. The van der Waals surface area contributed by atoms with Gasteiger partial charge < -0.3 is 5.32 Å². The fourth-order valence-corrected chi connectivity index (χ4v) is 1.67. The summed E-state index contributed by atoms with van der Waals surface area (Å²) in [5.74, 6) is -0.735. The van der Waals surface area contributed by atoms with Gasteiger partial charge in [-0.3, -0.25) is 4.79 Å². The van der Waals surface area contributed by atoms with E-state index in [1.807, 2.05) is 0 Å². The zero-order chi connectivity index (χ0) is 12.7. The van der Waals surface area contributed by atoms with Gasteiger partial charge in [-0.1, -0.05) is 38.3 Å². The second kappa shape index (κ2) is 7.05. The molecule has 0 aromatic heterocycles. The van der Waals surface area contributed by atoms with Gasteiger partial charge in [-0.25, -0.2) is 4.39 Å². The van der Waals surface area contributed by atoms with Crippen LogP contribution in [0.1, 0.15) is 48.5 Å². The molecule has 1 aromatic carbocycles. The van der Waals surface area contributed by atoms with Crippen molar-refractivity contribution in [3.8, 4) is 0 Å². The number of halogens is 1. The standard InChI is InChI=1S/C14H20FNO/c1-3-4-5-6-10-16-14(17)12-9-7-8-11(2)13(12)15/h7-9H,3-6,10H2,1-2H3,(H,16,17). The number of unbranched alkanes of at least 4 members (excludes halogenated alkanes) is 3. The van der Waals surface area contributed by atoms with Crippen molar-refractivity contribution < 1.29 is 9.18 Å². The van der Waals surface area contributed by atoms with Crippen LogP contribution in [0.25, 0.3) is 0 Å². The number of rotatable bonds is 6. The smallest absolute Gasteiger partial charge is 0.254 e. The Morgan fingerprint density at radius 3 is 2.76 bits per heavy atom. The third-order valence-corrected chi connectivity index (χ3v) is 2.75. The van der Waals surface area contributed by atoms with E-state index in [1.165, 1.54) is 18.9 Å². The van der Waals surface area contributed by atoms with Gasteiger partial charge in [0, 0.05) is 6.54 Å². The molecule has 0 atom stereocenters. The molecule has 1 rings (SSSR count). The molecule has 0 aliphatic rings. The van der Waals surface area contributed by atoms with E-state index < -0.39 is 5.82 Å². The highest BCUT2D eigenvalue weighted by Gasteiger charge is 2.11. The fraction of sp³-hybridized carbons (Fsp3) is 0.500. The molecule has 94 valence electrons. The van der Waals surface area contributed by atoms with Gasteiger partial charge in [-0.15, -0.1) is 0 Å². The SMILES string of the molecule is CCCCCCNC(=O)c1cccc(C)c1F. The van der Waals surface area contributed by atoms with Gasteiger partial charge in [-0.05, 0) is 25.0 Å². The lowest BCUT2D eigenvalue weighted by Crippen LogP contribution is -2.25. The first-order chi connectivity index (χ1) is 8.16. The zero-order valence-electron chi connectivity index (χ0n) is 10.6. The Kier molecular flexibility index (Phi) is 5.67. The summed E-state index contributed by atoms with van der Waals surface area (Å²) in [6.07, 6.45) is 4.40. The number of carbonyl (C=O) groups is 1. The molecule has 0 fully saturated rings. The molecule has 1 aromatic rings. The van der Waals surface area contributed by atoms with Crippen LogP contribution in [0.3, 0.4) is 0 Å². The molecular weight excluding hydrogens is 217 g/mol. The van der Waals surface area contributed by atoms with Gasteiger partial charge in [0.1, 0.15) is 5.82 Å². The van der Waals surface area contributed by atoms with Gasteiger partial charge in [0.15, 0.2) is 0 Å². The second-order valence-corrected chi connectivity index (χ2v) is 4.25. The summed E-state index contributed by atoms with van der Waals surface area (Å²) in [5.41, 5.74) is 0.643. The van der Waals surface area contributed by atoms with Gasteiger partial charge in [0.2, 0.25) is 0 Å². The summed E-state index contributed by atoms with van der Waals surface area (Å²) in [6, 6.07) is 4.88. The summed E-state index contributed by atoms with van der Waals surface area (Å²) in [4.78, 5) is 11.7. The monoisotopic (exact) mass is 237 g/mol. The molecule has 1 N–H and O–H groups in total. The second-order valence-electron chi connectivity index (χ2n) is 4.25. The van der Waals surface area contributed by atoms with E-state index >= 15 is 0 Å². The maximum absolute atomic E-state index is 13.6. The van der Waals surface area contributed by atoms with Crippen molar-refractivity contribution in [3.05, 3.63) is 35.1 Å². The highest BCUT2D eigenvalue weighted by atomic mass is 19.1. The number of amides is 1. The fourth-order valence-electron chi connectivity index (χ4n) is 1.67. The molecule has 17 heavy (non-hydrogen) atoms. The van der Waals surface area contributed by atoms with E-state index in [0.717, 1.165) is 12.8 Å². The molecule has 3 heteroatoms. The predicted octanol–water partition coefficient (Wildman–Crippen LogP) is 3.44. The maximum Gasteiger partial charge on any atom is 0.254 e. The Balaban J connectivity index is 2.44. The van der Waals surface area contributed by atoms with Crippen LogP contribution >= 0.6 is 0 Å². The van der Waals surface area contributed by atoms with Crippen LogP contribution in [-0.4, -0.2) is 12.5 Å². The number of hydrogen-bond acceptors (Lipinski definition) is 1. The predicted molar refractivity (Wildman–Crippen MR) is 67.6 cm³/mol. The number of nitrogens with one attached hydrogen (secondary N) is 1. The highest BCUT2D eigenvalue weighted by Crippen LogP contribution is 2.11. The highest BCUT2D eigenvalue weighted by molar-refractivity contribution is 5.94. The van der Waals surface area contributed by atoms with Crippen LogP contribution < -0.4 is 5.32 Å². The minimum absolute atomic E-state index is 0.139. The van der Waals surface area contributed by atoms with Crippen molar-refractivity contribution in [2.45, 2.75) is 39.5 Å². The Hall–Kier alpha value is -1.38. The Morgan fingerprint density at radius 2 is 2.06 bits per heavy atom. The number of carbonyl (C=O) groups excluding carboxylic acids is 1. The summed E-state index contributed by atoms with van der Waals surface area (Å²) in [7, 11) is 0. The van der Waals surface area contributed by atoms with Crippen LogP contribution in [0.5, 0.6) is 0 Å². The quantitative estimate of drug-likeness (QED) is 0.754. The third kappa shape index (κ3) is 4.17.